The van der Waals surface area contributed by atoms with E-state index >= 15 is 0 Å². The number of alkyl halides is 3. The topological polar surface area (TPSA) is 71.2 Å². The summed E-state index contributed by atoms with van der Waals surface area (Å²) in [6, 6.07) is 0. The van der Waals surface area contributed by atoms with E-state index in [2.05, 4.69) is 26.1 Å². The summed E-state index contributed by atoms with van der Waals surface area (Å²) in [5, 5.41) is 28.2. The molecule has 2 atom stereocenters. The van der Waals surface area contributed by atoms with E-state index in [9.17, 15) is 23.4 Å². The molecule has 2 N–H and O–H groups in total. The number of hydrogen-bond acceptors (Lipinski definition) is 6. The van der Waals surface area contributed by atoms with Gasteiger partial charge in [-0.2, -0.15) is 13.2 Å². The Labute approximate surface area is 194 Å². The van der Waals surface area contributed by atoms with Crippen molar-refractivity contribution in [2.24, 2.45) is 5.92 Å². The highest BCUT2D eigenvalue weighted by Gasteiger charge is 2.38. The minimum Gasteiger partial charge on any atom is -0.367 e. The Morgan fingerprint density at radius 2 is 1.94 bits per heavy atom. The quantitative estimate of drug-likeness (QED) is 0.402. The highest BCUT2D eigenvalue weighted by Crippen LogP contribution is 2.45. The third-order valence-electron chi connectivity index (χ3n) is 5.49. The smallest absolute Gasteiger partial charge is 0.367 e. The zero-order chi connectivity index (χ0) is 22.3. The highest BCUT2D eigenvalue weighted by atomic mass is 79.9. The molecule has 0 bridgehead atoms. The summed E-state index contributed by atoms with van der Waals surface area (Å²) in [5.41, 5.74) is 3.17. The van der Waals surface area contributed by atoms with Gasteiger partial charge in [0.1, 0.15) is 5.00 Å². The molecule has 2 aromatic rings. The number of aliphatic hydroxyl groups is 2. The first-order valence-corrected chi connectivity index (χ1v) is 12.4. The molecule has 0 aliphatic heterocycles. The molecule has 0 saturated carbocycles. The summed E-state index contributed by atoms with van der Waals surface area (Å²) >= 11 is 6.18. The van der Waals surface area contributed by atoms with Gasteiger partial charge in [0.15, 0.2) is 11.4 Å². The molecule has 5 nitrogen and oxygen atoms in total. The zero-order valence-electron chi connectivity index (χ0n) is 16.6. The lowest BCUT2D eigenvalue weighted by atomic mass is 9.89. The van der Waals surface area contributed by atoms with Gasteiger partial charge in [-0.15, -0.1) is 21.5 Å². The number of thioether (sulfide) groups is 1. The predicted octanol–water partition coefficient (Wildman–Crippen LogP) is 5.28. The van der Waals surface area contributed by atoms with Crippen molar-refractivity contribution in [1.29, 1.82) is 0 Å². The Morgan fingerprint density at radius 3 is 2.55 bits per heavy atom. The SMILES string of the molecule is C[C@H](Sc1nnc(Br)n1-c1sc(C2=CCC(C(F)(F)F)C=C2)c2c1CCCC2)C(O)O. The van der Waals surface area contributed by atoms with E-state index in [-0.39, 0.29) is 6.42 Å². The van der Waals surface area contributed by atoms with Gasteiger partial charge in [0.25, 0.3) is 0 Å². The Kier molecular flexibility index (Phi) is 6.69. The maximum absolute atomic E-state index is 13.0. The third kappa shape index (κ3) is 4.66. The second-order valence-electron chi connectivity index (χ2n) is 7.63. The van der Waals surface area contributed by atoms with Crippen molar-refractivity contribution >= 4 is 44.6 Å². The standard InChI is InChI=1S/C20H21BrF3N3O2S2/c1-10(17(28)29)30-19-26-25-18(21)27(19)16-14-5-3-2-4-13(14)15(31-16)11-6-8-12(9-7-11)20(22,23)24/h6-8,10,12,17,28-29H,2-5,9H2,1H3/t10-,12?/m0/s1. The van der Waals surface area contributed by atoms with Gasteiger partial charge in [0.2, 0.25) is 4.73 Å². The highest BCUT2D eigenvalue weighted by molar-refractivity contribution is 9.10. The molecule has 4 rings (SSSR count). The van der Waals surface area contributed by atoms with Crippen molar-refractivity contribution in [1.82, 2.24) is 14.8 Å². The molecule has 31 heavy (non-hydrogen) atoms. The summed E-state index contributed by atoms with van der Waals surface area (Å²) in [4.78, 5) is 0.994. The summed E-state index contributed by atoms with van der Waals surface area (Å²) in [5.74, 6) is -1.44. The molecule has 0 amide bonds. The van der Waals surface area contributed by atoms with E-state index in [4.69, 9.17) is 0 Å². The van der Waals surface area contributed by atoms with Crippen LogP contribution in [-0.2, 0) is 12.8 Å². The van der Waals surface area contributed by atoms with Crippen molar-refractivity contribution < 1.29 is 23.4 Å². The number of allylic oxidation sites excluding steroid dienone is 4. The van der Waals surface area contributed by atoms with E-state index < -0.39 is 23.6 Å². The van der Waals surface area contributed by atoms with E-state index in [0.29, 0.717) is 9.89 Å². The van der Waals surface area contributed by atoms with Crippen LogP contribution in [0.2, 0.25) is 0 Å². The van der Waals surface area contributed by atoms with Crippen molar-refractivity contribution in [3.8, 4) is 5.00 Å². The van der Waals surface area contributed by atoms with Gasteiger partial charge in [-0.05, 0) is 71.7 Å². The van der Waals surface area contributed by atoms with Gasteiger partial charge in [0, 0.05) is 4.88 Å². The summed E-state index contributed by atoms with van der Waals surface area (Å²) < 4.78 is 41.5. The third-order valence-corrected chi connectivity index (χ3v) is 8.40. The Balaban J connectivity index is 1.74. The zero-order valence-corrected chi connectivity index (χ0v) is 19.8. The van der Waals surface area contributed by atoms with Gasteiger partial charge >= 0.3 is 6.18 Å². The number of rotatable bonds is 5. The molecule has 168 valence electrons. The first kappa shape index (κ1) is 23.0. The summed E-state index contributed by atoms with van der Waals surface area (Å²) in [6.45, 7) is 1.69. The molecule has 0 radical (unpaired) electrons. The fourth-order valence-corrected chi connectivity index (χ4v) is 6.75. The average molecular weight is 536 g/mol. The molecular formula is C20H21BrF3N3O2S2. The molecule has 0 spiro atoms. The lowest BCUT2D eigenvalue weighted by Crippen LogP contribution is -2.21. The van der Waals surface area contributed by atoms with Gasteiger partial charge in [0.05, 0.1) is 11.2 Å². The number of nitrogens with zero attached hydrogens (tertiary/aromatic N) is 3. The molecule has 2 aromatic heterocycles. The summed E-state index contributed by atoms with van der Waals surface area (Å²) in [7, 11) is 0. The van der Waals surface area contributed by atoms with E-state index in [1.54, 1.807) is 19.1 Å². The van der Waals surface area contributed by atoms with Crippen molar-refractivity contribution in [3.63, 3.8) is 0 Å². The normalized spacial score (nSPS) is 20.1. The first-order valence-electron chi connectivity index (χ1n) is 9.91. The minimum absolute atomic E-state index is 0.0549. The van der Waals surface area contributed by atoms with Gasteiger partial charge in [-0.3, -0.25) is 4.57 Å². The van der Waals surface area contributed by atoms with E-state index in [1.807, 2.05) is 4.57 Å². The van der Waals surface area contributed by atoms with Crippen LogP contribution < -0.4 is 0 Å². The molecule has 2 heterocycles. The summed E-state index contributed by atoms with van der Waals surface area (Å²) in [6.07, 6.45) is 2.57. The molecule has 1 unspecified atom stereocenters. The monoisotopic (exact) mass is 535 g/mol. The Morgan fingerprint density at radius 1 is 1.23 bits per heavy atom. The molecule has 0 saturated heterocycles. The maximum Gasteiger partial charge on any atom is 0.395 e. The number of thiophene rings is 1. The maximum atomic E-state index is 13.0. The first-order chi connectivity index (χ1) is 14.7. The second kappa shape index (κ2) is 9.01. The number of aromatic nitrogens is 3. The largest absolute Gasteiger partial charge is 0.395 e. The van der Waals surface area contributed by atoms with Crippen LogP contribution in [0.15, 0.2) is 28.1 Å². The lowest BCUT2D eigenvalue weighted by Gasteiger charge is -2.20. The van der Waals surface area contributed by atoms with Crippen LogP contribution in [-0.4, -0.2) is 42.7 Å². The Hall–Kier alpha value is -1.14. The second-order valence-corrected chi connectivity index (χ2v) is 10.7. The van der Waals surface area contributed by atoms with Crippen LogP contribution in [0, 0.1) is 5.92 Å². The molecule has 2 aliphatic carbocycles. The van der Waals surface area contributed by atoms with Crippen LogP contribution in [0.5, 0.6) is 0 Å². The van der Waals surface area contributed by atoms with Crippen LogP contribution >= 0.6 is 39.0 Å². The Bertz CT molecular complexity index is 1030. The van der Waals surface area contributed by atoms with E-state index in [1.165, 1.54) is 34.7 Å². The predicted molar refractivity (Wildman–Crippen MR) is 118 cm³/mol. The van der Waals surface area contributed by atoms with Crippen molar-refractivity contribution in [2.45, 2.75) is 61.9 Å². The van der Waals surface area contributed by atoms with Gasteiger partial charge in [-0.1, -0.05) is 30.0 Å². The molecular weight excluding hydrogens is 515 g/mol. The van der Waals surface area contributed by atoms with Crippen LogP contribution in [0.1, 0.15) is 42.2 Å². The number of aliphatic hydroxyl groups excluding tert-OH is 1. The fourth-order valence-electron chi connectivity index (χ4n) is 3.78. The lowest BCUT2D eigenvalue weighted by molar-refractivity contribution is -0.160. The molecule has 0 aromatic carbocycles. The minimum atomic E-state index is -4.23. The van der Waals surface area contributed by atoms with Crippen LogP contribution in [0.3, 0.4) is 0 Å². The number of fused-ring (bicyclic) bond motifs is 1. The van der Waals surface area contributed by atoms with Gasteiger partial charge in [-0.25, -0.2) is 0 Å². The van der Waals surface area contributed by atoms with Crippen LogP contribution in [0.4, 0.5) is 13.2 Å². The fraction of sp³-hybridized carbons (Fsp3) is 0.500. The molecule has 11 heteroatoms. The van der Waals surface area contributed by atoms with E-state index in [0.717, 1.165) is 46.7 Å². The molecule has 2 aliphatic rings. The molecule has 0 fully saturated rings. The number of halogens is 4. The van der Waals surface area contributed by atoms with Crippen molar-refractivity contribution in [2.75, 3.05) is 0 Å². The van der Waals surface area contributed by atoms with Crippen LogP contribution in [0.25, 0.3) is 10.6 Å². The van der Waals surface area contributed by atoms with Gasteiger partial charge < -0.3 is 10.2 Å². The number of hydrogen-bond donors (Lipinski definition) is 2. The average Bonchev–Trinajstić information content (AvgIpc) is 3.27. The van der Waals surface area contributed by atoms with Crippen molar-refractivity contribution in [3.05, 3.63) is 39.0 Å².